The summed E-state index contributed by atoms with van der Waals surface area (Å²) >= 11 is 5.91. The lowest BCUT2D eigenvalue weighted by atomic mass is 10.1. The Labute approximate surface area is 226 Å². The predicted molar refractivity (Wildman–Crippen MR) is 143 cm³/mol. The Hall–Kier alpha value is -4.64. The maximum absolute atomic E-state index is 14.0. The summed E-state index contributed by atoms with van der Waals surface area (Å²) in [6.45, 7) is 2.00. The van der Waals surface area contributed by atoms with Crippen molar-refractivity contribution < 1.29 is 18.3 Å². The third-order valence-corrected chi connectivity index (χ3v) is 6.06. The molecular weight excluding hydrogens is 528 g/mol. The van der Waals surface area contributed by atoms with Gasteiger partial charge in [-0.05, 0) is 30.3 Å². The minimum absolute atomic E-state index is 0.0317. The summed E-state index contributed by atoms with van der Waals surface area (Å²) < 4.78 is 35.1. The third-order valence-electron chi connectivity index (χ3n) is 5.77. The molecule has 0 bridgehead atoms. The summed E-state index contributed by atoms with van der Waals surface area (Å²) in [7, 11) is 0. The van der Waals surface area contributed by atoms with Gasteiger partial charge >= 0.3 is 0 Å². The largest absolute Gasteiger partial charge is 0.485 e. The van der Waals surface area contributed by atoms with Gasteiger partial charge < -0.3 is 15.4 Å². The number of fused-ring (bicyclic) bond motifs is 1. The molecule has 1 amide bonds. The highest BCUT2D eigenvalue weighted by atomic mass is 35.5. The quantitative estimate of drug-likeness (QED) is 0.237. The number of ether oxygens (including phenoxy) is 1. The molecule has 198 valence electrons. The van der Waals surface area contributed by atoms with E-state index >= 15 is 0 Å². The lowest BCUT2D eigenvalue weighted by molar-refractivity contribution is -0.115. The molecule has 9 nitrogen and oxygen atoms in total. The SMILES string of the molecule is CCC(=O)Nc1cc2c(Nc3ccc(F)c(Cl)c3)ncnc2cc1OCc1cn(Cc2ccccc2F)nn1. The van der Waals surface area contributed by atoms with Crippen LogP contribution in [-0.2, 0) is 17.9 Å². The zero-order chi connectivity index (χ0) is 27.4. The Balaban J connectivity index is 1.40. The van der Waals surface area contributed by atoms with Gasteiger partial charge in [0.15, 0.2) is 0 Å². The molecule has 12 heteroatoms. The monoisotopic (exact) mass is 549 g/mol. The summed E-state index contributed by atoms with van der Waals surface area (Å²) in [5.74, 6) is -0.281. The van der Waals surface area contributed by atoms with Crippen LogP contribution in [0.3, 0.4) is 0 Å². The normalized spacial score (nSPS) is 11.0. The molecule has 0 unspecified atom stereocenters. The van der Waals surface area contributed by atoms with Crippen molar-refractivity contribution in [2.24, 2.45) is 0 Å². The van der Waals surface area contributed by atoms with Gasteiger partial charge in [0, 0.05) is 29.1 Å². The van der Waals surface area contributed by atoms with Gasteiger partial charge in [-0.25, -0.2) is 23.4 Å². The van der Waals surface area contributed by atoms with Crippen LogP contribution in [0, 0.1) is 11.6 Å². The number of carbonyl (C=O) groups excluding carboxylic acids is 1. The Morgan fingerprint density at radius 3 is 2.72 bits per heavy atom. The number of halogens is 3. The van der Waals surface area contributed by atoms with Crippen molar-refractivity contribution in [2.45, 2.75) is 26.5 Å². The average Bonchev–Trinajstić information content (AvgIpc) is 3.38. The second-order valence-corrected chi connectivity index (χ2v) is 8.94. The van der Waals surface area contributed by atoms with Gasteiger partial charge in [-0.1, -0.05) is 41.9 Å². The number of carbonyl (C=O) groups is 1. The van der Waals surface area contributed by atoms with Crippen LogP contribution in [0.1, 0.15) is 24.6 Å². The van der Waals surface area contributed by atoms with Gasteiger partial charge in [0.2, 0.25) is 5.91 Å². The van der Waals surface area contributed by atoms with E-state index in [1.807, 2.05) is 0 Å². The first-order chi connectivity index (χ1) is 18.9. The molecule has 0 radical (unpaired) electrons. The highest BCUT2D eigenvalue weighted by Gasteiger charge is 2.15. The smallest absolute Gasteiger partial charge is 0.224 e. The topological polar surface area (TPSA) is 107 Å². The van der Waals surface area contributed by atoms with E-state index in [0.29, 0.717) is 45.1 Å². The molecule has 2 aromatic heterocycles. The molecule has 39 heavy (non-hydrogen) atoms. The van der Waals surface area contributed by atoms with Gasteiger partial charge in [0.25, 0.3) is 0 Å². The van der Waals surface area contributed by atoms with E-state index in [4.69, 9.17) is 16.3 Å². The van der Waals surface area contributed by atoms with E-state index in [2.05, 4.69) is 30.9 Å². The number of rotatable bonds is 9. The second kappa shape index (κ2) is 11.4. The van der Waals surface area contributed by atoms with Crippen molar-refractivity contribution in [3.05, 3.63) is 95.0 Å². The molecule has 0 aliphatic rings. The summed E-state index contributed by atoms with van der Waals surface area (Å²) in [5.41, 5.74) is 2.47. The van der Waals surface area contributed by atoms with E-state index in [1.54, 1.807) is 43.5 Å². The van der Waals surface area contributed by atoms with Gasteiger partial charge in [-0.2, -0.15) is 0 Å². The van der Waals surface area contributed by atoms with Crippen LogP contribution in [0.5, 0.6) is 5.75 Å². The lowest BCUT2D eigenvalue weighted by Gasteiger charge is -2.15. The molecule has 5 rings (SSSR count). The van der Waals surface area contributed by atoms with E-state index < -0.39 is 5.82 Å². The Morgan fingerprint density at radius 1 is 1.08 bits per heavy atom. The number of nitrogens with one attached hydrogen (secondary N) is 2. The van der Waals surface area contributed by atoms with Gasteiger partial charge in [-0.15, -0.1) is 5.10 Å². The van der Waals surface area contributed by atoms with Crippen LogP contribution >= 0.6 is 11.6 Å². The van der Waals surface area contributed by atoms with Crippen molar-refractivity contribution in [3.8, 4) is 5.75 Å². The fraction of sp³-hybridized carbons (Fsp3) is 0.148. The van der Waals surface area contributed by atoms with Crippen molar-refractivity contribution >= 4 is 45.6 Å². The summed E-state index contributed by atoms with van der Waals surface area (Å²) in [5, 5.41) is 14.7. The Bertz CT molecular complexity index is 1660. The Kier molecular flexibility index (Phi) is 7.60. The zero-order valence-corrected chi connectivity index (χ0v) is 21.4. The molecule has 3 aromatic carbocycles. The van der Waals surface area contributed by atoms with Crippen molar-refractivity contribution in [1.82, 2.24) is 25.0 Å². The second-order valence-electron chi connectivity index (χ2n) is 8.53. The molecule has 0 fully saturated rings. The van der Waals surface area contributed by atoms with Gasteiger partial charge in [0.05, 0.1) is 29.0 Å². The standard InChI is InChI=1S/C27H22ClF2N7O2/c1-2-26(38)34-24-10-19-23(31-15-32-27(19)33-17-7-8-22(30)20(28)9-17)11-25(24)39-14-18-13-37(36-35-18)12-16-5-3-4-6-21(16)29/h3-11,13,15H,2,12,14H2,1H3,(H,34,38)(H,31,32,33). The van der Waals surface area contributed by atoms with Crippen LogP contribution in [0.25, 0.3) is 10.9 Å². The molecule has 0 atom stereocenters. The highest BCUT2D eigenvalue weighted by Crippen LogP contribution is 2.34. The highest BCUT2D eigenvalue weighted by molar-refractivity contribution is 6.31. The molecular formula is C27H22ClF2N7O2. The maximum Gasteiger partial charge on any atom is 0.224 e. The molecule has 0 aliphatic heterocycles. The number of hydrogen-bond acceptors (Lipinski definition) is 7. The number of anilines is 3. The average molecular weight is 550 g/mol. The molecule has 0 spiro atoms. The fourth-order valence-corrected chi connectivity index (χ4v) is 3.97. The number of amides is 1. The molecule has 0 aliphatic carbocycles. The van der Waals surface area contributed by atoms with Crippen molar-refractivity contribution in [1.29, 1.82) is 0 Å². The first-order valence-electron chi connectivity index (χ1n) is 12.0. The summed E-state index contributed by atoms with van der Waals surface area (Å²) in [4.78, 5) is 20.9. The van der Waals surface area contributed by atoms with Crippen LogP contribution in [0.15, 0.2) is 67.1 Å². The van der Waals surface area contributed by atoms with Crippen molar-refractivity contribution in [2.75, 3.05) is 10.6 Å². The summed E-state index contributed by atoms with van der Waals surface area (Å²) in [6.07, 6.45) is 3.29. The first-order valence-corrected chi connectivity index (χ1v) is 12.3. The fourth-order valence-electron chi connectivity index (χ4n) is 3.78. The first kappa shape index (κ1) is 26.0. The van der Waals surface area contributed by atoms with Crippen LogP contribution in [-0.4, -0.2) is 30.9 Å². The summed E-state index contributed by atoms with van der Waals surface area (Å²) in [6, 6.07) is 14.1. The molecule has 5 aromatic rings. The van der Waals surface area contributed by atoms with E-state index in [0.717, 1.165) is 0 Å². The van der Waals surface area contributed by atoms with E-state index in [1.165, 1.54) is 35.3 Å². The van der Waals surface area contributed by atoms with E-state index in [9.17, 15) is 13.6 Å². The number of nitrogens with zero attached hydrogens (tertiary/aromatic N) is 5. The maximum atomic E-state index is 14.0. The van der Waals surface area contributed by atoms with Gasteiger partial charge in [0.1, 0.15) is 41.8 Å². The molecule has 0 saturated heterocycles. The third kappa shape index (κ3) is 6.10. The van der Waals surface area contributed by atoms with Gasteiger partial charge in [-0.3, -0.25) is 4.79 Å². The lowest BCUT2D eigenvalue weighted by Crippen LogP contribution is -2.11. The number of hydrogen-bond donors (Lipinski definition) is 2. The van der Waals surface area contributed by atoms with Crippen LogP contribution in [0.2, 0.25) is 5.02 Å². The predicted octanol–water partition coefficient (Wildman–Crippen LogP) is 5.87. The Morgan fingerprint density at radius 2 is 1.92 bits per heavy atom. The van der Waals surface area contributed by atoms with E-state index in [-0.39, 0.29) is 36.3 Å². The number of benzene rings is 3. The molecule has 0 saturated carbocycles. The van der Waals surface area contributed by atoms with Crippen molar-refractivity contribution in [3.63, 3.8) is 0 Å². The minimum atomic E-state index is -0.534. The van der Waals surface area contributed by atoms with Crippen LogP contribution in [0.4, 0.5) is 26.0 Å². The molecule has 2 heterocycles. The zero-order valence-electron chi connectivity index (χ0n) is 20.7. The minimum Gasteiger partial charge on any atom is -0.485 e. The number of aromatic nitrogens is 5. The molecule has 2 N–H and O–H groups in total. The van der Waals surface area contributed by atoms with Crippen LogP contribution < -0.4 is 15.4 Å².